The van der Waals surface area contributed by atoms with Crippen molar-refractivity contribution in [3.05, 3.63) is 58.1 Å². The molecule has 20 heavy (non-hydrogen) atoms. The lowest BCUT2D eigenvalue weighted by molar-refractivity contribution is -0.136. The molecule has 0 fully saturated rings. The molecule has 0 radical (unpaired) electrons. The van der Waals surface area contributed by atoms with Gasteiger partial charge in [0.2, 0.25) is 0 Å². The lowest BCUT2D eigenvalue weighted by Gasteiger charge is -2.09. The van der Waals surface area contributed by atoms with Crippen molar-refractivity contribution < 1.29 is 14.3 Å². The molecule has 2 aromatic carbocycles. The molecule has 0 aliphatic rings. The number of rotatable bonds is 4. The number of hydrogen-bond donors (Lipinski definition) is 0. The summed E-state index contributed by atoms with van der Waals surface area (Å²) in [6.07, 6.45) is 0. The predicted molar refractivity (Wildman–Crippen MR) is 81.2 cm³/mol. The molecule has 0 unspecified atom stereocenters. The Hall–Kier alpha value is -1.81. The smallest absolute Gasteiger partial charge is 0.349 e. The minimum atomic E-state index is -0.417. The molecule has 0 aromatic heterocycles. The molecule has 0 amide bonds. The molecule has 0 saturated carbocycles. The predicted octanol–water partition coefficient (Wildman–Crippen LogP) is 4.05. The Labute approximate surface area is 126 Å². The highest BCUT2D eigenvalue weighted by Crippen LogP contribution is 2.22. The Morgan fingerprint density at radius 3 is 2.55 bits per heavy atom. The van der Waals surface area contributed by atoms with Gasteiger partial charge in [-0.3, -0.25) is 0 Å². The highest BCUT2D eigenvalue weighted by Gasteiger charge is 2.08. The summed E-state index contributed by atoms with van der Waals surface area (Å²) < 4.78 is 11.7. The zero-order chi connectivity index (χ0) is 14.5. The van der Waals surface area contributed by atoms with Gasteiger partial charge in [0, 0.05) is 4.47 Å². The minimum absolute atomic E-state index is 0.116. The minimum Gasteiger partial charge on any atom is -0.482 e. The van der Waals surface area contributed by atoms with Gasteiger partial charge in [-0.25, -0.2) is 4.79 Å². The van der Waals surface area contributed by atoms with Gasteiger partial charge < -0.3 is 9.47 Å². The molecule has 3 nitrogen and oxygen atoms in total. The summed E-state index contributed by atoms with van der Waals surface area (Å²) in [5.41, 5.74) is 1.97. The van der Waals surface area contributed by atoms with E-state index in [1.54, 1.807) is 12.1 Å². The van der Waals surface area contributed by atoms with Crippen LogP contribution in [0.2, 0.25) is 0 Å². The Morgan fingerprint density at radius 2 is 1.85 bits per heavy atom. The molecule has 0 heterocycles. The van der Waals surface area contributed by atoms with Crippen molar-refractivity contribution in [2.75, 3.05) is 6.61 Å². The molecule has 0 atom stereocenters. The first-order chi connectivity index (χ1) is 9.56. The van der Waals surface area contributed by atoms with Crippen LogP contribution in [-0.2, 0) is 4.79 Å². The van der Waals surface area contributed by atoms with E-state index in [-0.39, 0.29) is 6.61 Å². The van der Waals surface area contributed by atoms with Crippen LogP contribution in [0.25, 0.3) is 0 Å². The van der Waals surface area contributed by atoms with Gasteiger partial charge in [-0.1, -0.05) is 34.1 Å². The van der Waals surface area contributed by atoms with E-state index < -0.39 is 5.97 Å². The van der Waals surface area contributed by atoms with Crippen LogP contribution in [0, 0.1) is 13.8 Å². The number of benzene rings is 2. The first-order valence-electron chi connectivity index (χ1n) is 6.21. The topological polar surface area (TPSA) is 35.5 Å². The van der Waals surface area contributed by atoms with Gasteiger partial charge in [0.05, 0.1) is 0 Å². The lowest BCUT2D eigenvalue weighted by atomic mass is 10.2. The monoisotopic (exact) mass is 334 g/mol. The molecular formula is C16H15BrO3. The molecule has 0 spiro atoms. The summed E-state index contributed by atoms with van der Waals surface area (Å²) in [6, 6.07) is 12.9. The molecular weight excluding hydrogens is 320 g/mol. The summed E-state index contributed by atoms with van der Waals surface area (Å²) in [5, 5.41) is 0. The number of carbonyl (C=O) groups is 1. The van der Waals surface area contributed by atoms with Crippen LogP contribution >= 0.6 is 15.9 Å². The van der Waals surface area contributed by atoms with Crippen molar-refractivity contribution >= 4 is 21.9 Å². The van der Waals surface area contributed by atoms with E-state index in [1.165, 1.54) is 0 Å². The molecule has 2 aromatic rings. The van der Waals surface area contributed by atoms with E-state index in [4.69, 9.17) is 9.47 Å². The van der Waals surface area contributed by atoms with Crippen LogP contribution in [0.5, 0.6) is 11.5 Å². The van der Waals surface area contributed by atoms with Gasteiger partial charge in [-0.05, 0) is 49.2 Å². The fraction of sp³-hybridized carbons (Fsp3) is 0.188. The van der Waals surface area contributed by atoms with E-state index in [0.29, 0.717) is 11.5 Å². The Bertz CT molecular complexity index is 623. The van der Waals surface area contributed by atoms with Gasteiger partial charge in [-0.2, -0.15) is 0 Å². The largest absolute Gasteiger partial charge is 0.482 e. The second kappa shape index (κ2) is 6.57. The molecule has 0 aliphatic heterocycles. The van der Waals surface area contributed by atoms with E-state index in [9.17, 15) is 4.79 Å². The van der Waals surface area contributed by atoms with Crippen LogP contribution in [0.1, 0.15) is 11.1 Å². The fourth-order valence-corrected chi connectivity index (χ4v) is 1.92. The fourth-order valence-electron chi connectivity index (χ4n) is 1.67. The third-order valence-electron chi connectivity index (χ3n) is 2.80. The van der Waals surface area contributed by atoms with E-state index in [1.807, 2.05) is 44.2 Å². The number of esters is 1. The zero-order valence-electron chi connectivity index (χ0n) is 11.4. The number of halogens is 1. The average Bonchev–Trinajstić information content (AvgIpc) is 2.43. The second-order valence-corrected chi connectivity index (χ2v) is 5.29. The van der Waals surface area contributed by atoms with E-state index in [2.05, 4.69) is 15.9 Å². The molecule has 0 bridgehead atoms. The normalized spacial score (nSPS) is 10.2. The van der Waals surface area contributed by atoms with Gasteiger partial charge >= 0.3 is 5.97 Å². The summed E-state index contributed by atoms with van der Waals surface area (Å²) in [5.74, 6) is 0.792. The maximum atomic E-state index is 11.7. The van der Waals surface area contributed by atoms with Crippen molar-refractivity contribution in [1.82, 2.24) is 0 Å². The van der Waals surface area contributed by atoms with Gasteiger partial charge in [-0.15, -0.1) is 0 Å². The van der Waals surface area contributed by atoms with Crippen molar-refractivity contribution in [1.29, 1.82) is 0 Å². The van der Waals surface area contributed by atoms with Crippen LogP contribution in [0.4, 0.5) is 0 Å². The standard InChI is InChI=1S/C16H15BrO3/c1-11-5-3-4-6-15(11)20-16(18)10-19-13-7-8-14(17)12(2)9-13/h3-9H,10H2,1-2H3. The molecule has 0 saturated heterocycles. The third-order valence-corrected chi connectivity index (χ3v) is 3.69. The molecule has 2 rings (SSSR count). The second-order valence-electron chi connectivity index (χ2n) is 4.44. The molecule has 104 valence electrons. The number of para-hydroxylation sites is 1. The Kier molecular flexibility index (Phi) is 4.79. The summed E-state index contributed by atoms with van der Waals surface area (Å²) in [6.45, 7) is 3.74. The number of ether oxygens (including phenoxy) is 2. The van der Waals surface area contributed by atoms with Crippen molar-refractivity contribution in [3.8, 4) is 11.5 Å². The molecule has 0 aliphatic carbocycles. The molecule has 4 heteroatoms. The number of carbonyl (C=O) groups excluding carboxylic acids is 1. The number of aryl methyl sites for hydroxylation is 2. The highest BCUT2D eigenvalue weighted by molar-refractivity contribution is 9.10. The first kappa shape index (κ1) is 14.6. The summed E-state index contributed by atoms with van der Waals surface area (Å²) in [4.78, 5) is 11.7. The lowest BCUT2D eigenvalue weighted by Crippen LogP contribution is -2.18. The van der Waals surface area contributed by atoms with Crippen LogP contribution in [0.15, 0.2) is 46.9 Å². The SMILES string of the molecule is Cc1cc(OCC(=O)Oc2ccccc2C)ccc1Br. The van der Waals surface area contributed by atoms with E-state index >= 15 is 0 Å². The maximum absolute atomic E-state index is 11.7. The van der Waals surface area contributed by atoms with Crippen molar-refractivity contribution in [3.63, 3.8) is 0 Å². The Balaban J connectivity index is 1.92. The molecule has 0 N–H and O–H groups in total. The maximum Gasteiger partial charge on any atom is 0.349 e. The van der Waals surface area contributed by atoms with Gasteiger partial charge in [0.1, 0.15) is 11.5 Å². The average molecular weight is 335 g/mol. The van der Waals surface area contributed by atoms with Gasteiger partial charge in [0.15, 0.2) is 6.61 Å². The van der Waals surface area contributed by atoms with Crippen LogP contribution < -0.4 is 9.47 Å². The summed E-state index contributed by atoms with van der Waals surface area (Å²) in [7, 11) is 0. The quantitative estimate of drug-likeness (QED) is 0.625. The third kappa shape index (κ3) is 3.84. The van der Waals surface area contributed by atoms with Crippen molar-refractivity contribution in [2.45, 2.75) is 13.8 Å². The van der Waals surface area contributed by atoms with Gasteiger partial charge in [0.25, 0.3) is 0 Å². The first-order valence-corrected chi connectivity index (χ1v) is 7.01. The summed E-state index contributed by atoms with van der Waals surface area (Å²) >= 11 is 3.41. The van der Waals surface area contributed by atoms with Crippen molar-refractivity contribution in [2.24, 2.45) is 0 Å². The Morgan fingerprint density at radius 1 is 1.10 bits per heavy atom. The zero-order valence-corrected chi connectivity index (χ0v) is 12.9. The highest BCUT2D eigenvalue weighted by atomic mass is 79.9. The van der Waals surface area contributed by atoms with E-state index in [0.717, 1.165) is 15.6 Å². The number of hydrogen-bond acceptors (Lipinski definition) is 3. The van der Waals surface area contributed by atoms with Crippen LogP contribution in [0.3, 0.4) is 0 Å². The van der Waals surface area contributed by atoms with Crippen LogP contribution in [-0.4, -0.2) is 12.6 Å².